The lowest BCUT2D eigenvalue weighted by Gasteiger charge is -2.24. The van der Waals surface area contributed by atoms with E-state index in [1.807, 2.05) is 30.3 Å². The number of β-lactam (4-membered cyclic amide) rings is 1. The molecule has 2 rings (SSSR count). The number of hydroxylamine groups is 1. The van der Waals surface area contributed by atoms with Crippen LogP contribution in [0.2, 0.25) is 0 Å². The molecule has 84 valence electrons. The van der Waals surface area contributed by atoms with Gasteiger partial charge in [-0.1, -0.05) is 30.3 Å². The van der Waals surface area contributed by atoms with Crippen molar-refractivity contribution < 1.29 is 14.4 Å². The summed E-state index contributed by atoms with van der Waals surface area (Å²) < 4.78 is 0. The van der Waals surface area contributed by atoms with Crippen LogP contribution in [0.4, 0.5) is 0 Å². The molecule has 1 aromatic carbocycles. The summed E-state index contributed by atoms with van der Waals surface area (Å²) in [7, 11) is 0. The Kier molecular flexibility index (Phi) is 3.16. The Balaban J connectivity index is 1.72. The van der Waals surface area contributed by atoms with Gasteiger partial charge < -0.3 is 5.32 Å². The average Bonchev–Trinajstić information content (AvgIpc) is 2.28. The summed E-state index contributed by atoms with van der Waals surface area (Å²) in [5.41, 5.74) is 3.22. The van der Waals surface area contributed by atoms with Gasteiger partial charge >= 0.3 is 0 Å². The molecule has 1 fully saturated rings. The molecule has 1 heterocycles. The van der Waals surface area contributed by atoms with E-state index in [1.54, 1.807) is 0 Å². The number of amides is 2. The Morgan fingerprint density at radius 1 is 1.44 bits per heavy atom. The van der Waals surface area contributed by atoms with Gasteiger partial charge in [0.25, 0.3) is 5.91 Å². The van der Waals surface area contributed by atoms with Crippen LogP contribution in [-0.4, -0.2) is 18.4 Å². The van der Waals surface area contributed by atoms with E-state index in [4.69, 9.17) is 4.84 Å². The van der Waals surface area contributed by atoms with E-state index in [0.717, 1.165) is 5.56 Å². The standard InChI is InChI=1S/C11H12N2O3/c14-10-9(6-12-10)11(15)13-16-7-8-4-2-1-3-5-8/h1-5,9H,6-7H2,(H,12,14)(H,13,15). The molecule has 1 aliphatic rings. The van der Waals surface area contributed by atoms with E-state index in [2.05, 4.69) is 10.8 Å². The van der Waals surface area contributed by atoms with Gasteiger partial charge in [0, 0.05) is 6.54 Å². The Bertz CT molecular complexity index is 391. The number of carbonyl (C=O) groups is 2. The first-order valence-electron chi connectivity index (χ1n) is 5.00. The van der Waals surface area contributed by atoms with Gasteiger partial charge in [-0.25, -0.2) is 5.48 Å². The van der Waals surface area contributed by atoms with Crippen molar-refractivity contribution in [3.63, 3.8) is 0 Å². The van der Waals surface area contributed by atoms with Crippen LogP contribution < -0.4 is 10.8 Å². The predicted molar refractivity (Wildman–Crippen MR) is 55.9 cm³/mol. The SMILES string of the molecule is O=C1NCC1C(=O)NOCc1ccccc1. The quantitative estimate of drug-likeness (QED) is 0.426. The Hall–Kier alpha value is -1.88. The first kappa shape index (κ1) is 10.6. The summed E-state index contributed by atoms with van der Waals surface area (Å²) in [6, 6.07) is 9.46. The molecule has 1 aliphatic heterocycles. The fourth-order valence-corrected chi connectivity index (χ4v) is 1.34. The molecule has 16 heavy (non-hydrogen) atoms. The lowest BCUT2D eigenvalue weighted by atomic mass is 10.0. The minimum atomic E-state index is -0.601. The van der Waals surface area contributed by atoms with E-state index in [9.17, 15) is 9.59 Å². The number of hydrogen-bond donors (Lipinski definition) is 2. The van der Waals surface area contributed by atoms with Gasteiger partial charge in [0.05, 0.1) is 6.61 Å². The van der Waals surface area contributed by atoms with Crippen molar-refractivity contribution in [1.82, 2.24) is 10.8 Å². The van der Waals surface area contributed by atoms with Crippen molar-refractivity contribution in [3.8, 4) is 0 Å². The minimum absolute atomic E-state index is 0.249. The van der Waals surface area contributed by atoms with Crippen molar-refractivity contribution in [3.05, 3.63) is 35.9 Å². The maximum absolute atomic E-state index is 11.3. The summed E-state index contributed by atoms with van der Waals surface area (Å²) in [6.45, 7) is 0.681. The van der Waals surface area contributed by atoms with Crippen LogP contribution in [0.5, 0.6) is 0 Å². The Morgan fingerprint density at radius 2 is 2.19 bits per heavy atom. The second-order valence-corrected chi connectivity index (χ2v) is 3.54. The molecule has 2 amide bonds. The fraction of sp³-hybridized carbons (Fsp3) is 0.273. The van der Waals surface area contributed by atoms with Crippen LogP contribution in [0.15, 0.2) is 30.3 Å². The van der Waals surface area contributed by atoms with Gasteiger partial charge in [-0.3, -0.25) is 14.4 Å². The molecule has 0 saturated carbocycles. The van der Waals surface area contributed by atoms with E-state index >= 15 is 0 Å². The first-order valence-corrected chi connectivity index (χ1v) is 5.00. The lowest BCUT2D eigenvalue weighted by Crippen LogP contribution is -2.55. The van der Waals surface area contributed by atoms with Crippen LogP contribution >= 0.6 is 0 Å². The third-order valence-electron chi connectivity index (χ3n) is 2.37. The molecule has 1 unspecified atom stereocenters. The van der Waals surface area contributed by atoms with Crippen LogP contribution in [0, 0.1) is 5.92 Å². The van der Waals surface area contributed by atoms with Crippen molar-refractivity contribution in [2.75, 3.05) is 6.54 Å². The molecular weight excluding hydrogens is 208 g/mol. The Morgan fingerprint density at radius 3 is 2.75 bits per heavy atom. The van der Waals surface area contributed by atoms with Crippen molar-refractivity contribution in [2.24, 2.45) is 5.92 Å². The number of benzene rings is 1. The normalized spacial score (nSPS) is 18.5. The zero-order valence-corrected chi connectivity index (χ0v) is 8.60. The second-order valence-electron chi connectivity index (χ2n) is 3.54. The molecule has 0 bridgehead atoms. The monoisotopic (exact) mass is 220 g/mol. The molecule has 1 atom stereocenters. The number of hydrogen-bond acceptors (Lipinski definition) is 3. The van der Waals surface area contributed by atoms with Gasteiger partial charge in [-0.15, -0.1) is 0 Å². The fourth-order valence-electron chi connectivity index (χ4n) is 1.34. The zero-order chi connectivity index (χ0) is 11.4. The molecule has 0 spiro atoms. The van der Waals surface area contributed by atoms with Gasteiger partial charge in [-0.05, 0) is 5.56 Å². The molecule has 0 radical (unpaired) electrons. The molecule has 5 nitrogen and oxygen atoms in total. The van der Waals surface area contributed by atoms with Crippen molar-refractivity contribution in [2.45, 2.75) is 6.61 Å². The highest BCUT2D eigenvalue weighted by Crippen LogP contribution is 2.05. The van der Waals surface area contributed by atoms with E-state index in [0.29, 0.717) is 13.2 Å². The minimum Gasteiger partial charge on any atom is -0.354 e. The molecule has 0 aromatic heterocycles. The third kappa shape index (κ3) is 2.38. The van der Waals surface area contributed by atoms with Gasteiger partial charge in [-0.2, -0.15) is 0 Å². The maximum atomic E-state index is 11.3. The molecule has 2 N–H and O–H groups in total. The molecule has 5 heteroatoms. The molecular formula is C11H12N2O3. The average molecular weight is 220 g/mol. The third-order valence-corrected chi connectivity index (χ3v) is 2.37. The molecule has 1 saturated heterocycles. The largest absolute Gasteiger partial charge is 0.354 e. The summed E-state index contributed by atoms with van der Waals surface area (Å²) in [5, 5.41) is 2.49. The summed E-state index contributed by atoms with van der Waals surface area (Å²) in [5.74, 6) is -1.24. The van der Waals surface area contributed by atoms with Crippen LogP contribution in [-0.2, 0) is 21.0 Å². The Labute approximate surface area is 92.7 Å². The molecule has 0 aliphatic carbocycles. The van der Waals surface area contributed by atoms with E-state index < -0.39 is 5.92 Å². The lowest BCUT2D eigenvalue weighted by molar-refractivity contribution is -0.149. The zero-order valence-electron chi connectivity index (χ0n) is 8.60. The van der Waals surface area contributed by atoms with E-state index in [1.165, 1.54) is 0 Å². The van der Waals surface area contributed by atoms with Crippen molar-refractivity contribution >= 4 is 11.8 Å². The smallest absolute Gasteiger partial charge is 0.257 e. The van der Waals surface area contributed by atoms with Gasteiger partial charge in [0.15, 0.2) is 0 Å². The van der Waals surface area contributed by atoms with E-state index in [-0.39, 0.29) is 11.8 Å². The topological polar surface area (TPSA) is 67.4 Å². The highest BCUT2D eigenvalue weighted by molar-refractivity contribution is 6.04. The number of carbonyl (C=O) groups excluding carboxylic acids is 2. The van der Waals surface area contributed by atoms with Crippen LogP contribution in [0.25, 0.3) is 0 Å². The highest BCUT2D eigenvalue weighted by Gasteiger charge is 2.34. The summed E-state index contributed by atoms with van der Waals surface area (Å²) >= 11 is 0. The molecule has 1 aromatic rings. The summed E-state index contributed by atoms with van der Waals surface area (Å²) in [6.07, 6.45) is 0. The van der Waals surface area contributed by atoms with Crippen LogP contribution in [0.3, 0.4) is 0 Å². The van der Waals surface area contributed by atoms with Crippen molar-refractivity contribution in [1.29, 1.82) is 0 Å². The number of rotatable bonds is 4. The summed E-state index contributed by atoms with van der Waals surface area (Å²) in [4.78, 5) is 27.2. The first-order chi connectivity index (χ1) is 7.77. The predicted octanol–water partition coefficient (Wildman–Crippen LogP) is -0.0196. The maximum Gasteiger partial charge on any atom is 0.257 e. The number of nitrogens with one attached hydrogen (secondary N) is 2. The van der Waals surface area contributed by atoms with Gasteiger partial charge in [0.2, 0.25) is 5.91 Å². The highest BCUT2D eigenvalue weighted by atomic mass is 16.6. The second kappa shape index (κ2) is 4.76. The van der Waals surface area contributed by atoms with Gasteiger partial charge in [0.1, 0.15) is 5.92 Å². The van der Waals surface area contributed by atoms with Crippen LogP contribution in [0.1, 0.15) is 5.56 Å².